The van der Waals surface area contributed by atoms with E-state index in [1.54, 1.807) is 0 Å². The van der Waals surface area contributed by atoms with E-state index in [4.69, 9.17) is 10.5 Å². The second kappa shape index (κ2) is 6.49. The van der Waals surface area contributed by atoms with Crippen molar-refractivity contribution in [1.29, 1.82) is 0 Å². The average Bonchev–Trinajstić information content (AvgIpc) is 2.93. The Hall–Kier alpha value is -0.870. The zero-order chi connectivity index (χ0) is 14.7. The standard InChI is InChI=1S/C17H26N2OS/c1-2-9-19(16-6-4-3-5-15(16)18)14-7-10-20-17(12-14)8-11-21-13-17/h3-6,14H,2,7-13,18H2,1H3. The third-order valence-corrected chi connectivity index (χ3v) is 5.91. The molecule has 0 aromatic heterocycles. The molecule has 2 heterocycles. The van der Waals surface area contributed by atoms with E-state index >= 15 is 0 Å². The number of nitrogens with zero attached hydrogens (tertiary/aromatic N) is 1. The number of hydrogen-bond acceptors (Lipinski definition) is 4. The molecule has 2 atom stereocenters. The van der Waals surface area contributed by atoms with Gasteiger partial charge in [-0.25, -0.2) is 0 Å². The first-order valence-electron chi connectivity index (χ1n) is 8.07. The van der Waals surface area contributed by atoms with Gasteiger partial charge < -0.3 is 15.4 Å². The summed E-state index contributed by atoms with van der Waals surface area (Å²) in [5.74, 6) is 2.40. The molecule has 0 saturated carbocycles. The van der Waals surface area contributed by atoms with Gasteiger partial charge in [0.2, 0.25) is 0 Å². The number of anilines is 2. The highest BCUT2D eigenvalue weighted by Crippen LogP contribution is 2.41. The molecule has 2 aliphatic rings. The zero-order valence-electron chi connectivity index (χ0n) is 12.9. The van der Waals surface area contributed by atoms with Gasteiger partial charge in [0.25, 0.3) is 0 Å². The topological polar surface area (TPSA) is 38.5 Å². The largest absolute Gasteiger partial charge is 0.397 e. The molecule has 21 heavy (non-hydrogen) atoms. The third kappa shape index (κ3) is 3.16. The number of benzene rings is 1. The Bertz CT molecular complexity index is 474. The lowest BCUT2D eigenvalue weighted by molar-refractivity contribution is -0.0663. The highest BCUT2D eigenvalue weighted by atomic mass is 32.2. The Balaban J connectivity index is 1.82. The van der Waals surface area contributed by atoms with Crippen molar-refractivity contribution in [1.82, 2.24) is 0 Å². The van der Waals surface area contributed by atoms with Crippen LogP contribution in [0.1, 0.15) is 32.6 Å². The second-order valence-corrected chi connectivity index (χ2v) is 7.34. The van der Waals surface area contributed by atoms with Crippen molar-refractivity contribution >= 4 is 23.1 Å². The molecule has 0 aliphatic carbocycles. The van der Waals surface area contributed by atoms with E-state index < -0.39 is 0 Å². The SMILES string of the molecule is CCCN(c1ccccc1N)C1CCOC2(CCSC2)C1. The number of para-hydroxylation sites is 2. The fourth-order valence-electron chi connectivity index (χ4n) is 3.62. The number of rotatable bonds is 4. The van der Waals surface area contributed by atoms with Crippen LogP contribution in [-0.4, -0.2) is 36.3 Å². The Morgan fingerprint density at radius 1 is 1.43 bits per heavy atom. The van der Waals surface area contributed by atoms with Crippen LogP contribution in [0.3, 0.4) is 0 Å². The maximum absolute atomic E-state index is 6.23. The molecular weight excluding hydrogens is 280 g/mol. The summed E-state index contributed by atoms with van der Waals surface area (Å²) in [6.45, 7) is 4.20. The molecule has 2 fully saturated rings. The van der Waals surface area contributed by atoms with Crippen molar-refractivity contribution in [2.24, 2.45) is 0 Å². The van der Waals surface area contributed by atoms with Crippen LogP contribution in [0.15, 0.2) is 24.3 Å². The predicted octanol–water partition coefficient (Wildman–Crippen LogP) is 3.54. The average molecular weight is 306 g/mol. The Labute approximate surface area is 132 Å². The predicted molar refractivity (Wildman–Crippen MR) is 92.1 cm³/mol. The molecule has 2 saturated heterocycles. The van der Waals surface area contributed by atoms with Gasteiger partial charge in [0.1, 0.15) is 0 Å². The van der Waals surface area contributed by atoms with Gasteiger partial charge in [-0.05, 0) is 43.6 Å². The summed E-state index contributed by atoms with van der Waals surface area (Å²) < 4.78 is 6.17. The number of nitrogens with two attached hydrogens (primary N) is 1. The van der Waals surface area contributed by atoms with Crippen LogP contribution in [0.25, 0.3) is 0 Å². The van der Waals surface area contributed by atoms with Gasteiger partial charge in [0, 0.05) is 24.9 Å². The third-order valence-electron chi connectivity index (χ3n) is 4.69. The van der Waals surface area contributed by atoms with Crippen molar-refractivity contribution in [3.05, 3.63) is 24.3 Å². The van der Waals surface area contributed by atoms with E-state index in [9.17, 15) is 0 Å². The van der Waals surface area contributed by atoms with E-state index in [1.807, 2.05) is 23.9 Å². The number of thioether (sulfide) groups is 1. The van der Waals surface area contributed by atoms with Crippen LogP contribution < -0.4 is 10.6 Å². The number of hydrogen-bond donors (Lipinski definition) is 1. The van der Waals surface area contributed by atoms with Gasteiger partial charge in [-0.1, -0.05) is 19.1 Å². The van der Waals surface area contributed by atoms with Crippen LogP contribution in [0, 0.1) is 0 Å². The van der Waals surface area contributed by atoms with Gasteiger partial charge in [0.15, 0.2) is 0 Å². The van der Waals surface area contributed by atoms with Crippen molar-refractivity contribution in [2.75, 3.05) is 35.3 Å². The first-order valence-corrected chi connectivity index (χ1v) is 9.22. The van der Waals surface area contributed by atoms with Crippen LogP contribution >= 0.6 is 11.8 Å². The number of nitrogen functional groups attached to an aromatic ring is 1. The lowest BCUT2D eigenvalue weighted by atomic mass is 9.88. The quantitative estimate of drug-likeness (QED) is 0.864. The van der Waals surface area contributed by atoms with Gasteiger partial charge in [-0.2, -0.15) is 11.8 Å². The Morgan fingerprint density at radius 3 is 3.00 bits per heavy atom. The minimum absolute atomic E-state index is 0.128. The van der Waals surface area contributed by atoms with E-state index in [1.165, 1.54) is 17.9 Å². The van der Waals surface area contributed by atoms with Crippen LogP contribution in [0.2, 0.25) is 0 Å². The highest BCUT2D eigenvalue weighted by molar-refractivity contribution is 7.99. The van der Waals surface area contributed by atoms with Crippen molar-refractivity contribution in [3.8, 4) is 0 Å². The van der Waals surface area contributed by atoms with Crippen molar-refractivity contribution < 1.29 is 4.74 Å². The van der Waals surface area contributed by atoms with Crippen LogP contribution in [0.4, 0.5) is 11.4 Å². The first kappa shape index (κ1) is 15.0. The molecule has 2 N–H and O–H groups in total. The molecule has 1 aromatic rings. The summed E-state index contributed by atoms with van der Waals surface area (Å²) >= 11 is 2.04. The lowest BCUT2D eigenvalue weighted by Crippen LogP contribution is -2.49. The Morgan fingerprint density at radius 2 is 2.29 bits per heavy atom. The first-order chi connectivity index (χ1) is 10.2. The maximum atomic E-state index is 6.23. The number of ether oxygens (including phenoxy) is 1. The summed E-state index contributed by atoms with van der Waals surface area (Å²) in [6.07, 6.45) is 4.61. The summed E-state index contributed by atoms with van der Waals surface area (Å²) in [4.78, 5) is 2.53. The second-order valence-electron chi connectivity index (χ2n) is 6.23. The molecule has 3 rings (SSSR count). The molecule has 4 heteroatoms. The summed E-state index contributed by atoms with van der Waals surface area (Å²) in [7, 11) is 0. The van der Waals surface area contributed by atoms with E-state index in [0.29, 0.717) is 6.04 Å². The van der Waals surface area contributed by atoms with E-state index in [-0.39, 0.29) is 5.60 Å². The lowest BCUT2D eigenvalue weighted by Gasteiger charge is -2.44. The molecular formula is C17H26N2OS. The van der Waals surface area contributed by atoms with Gasteiger partial charge in [0.05, 0.1) is 17.0 Å². The summed E-state index contributed by atoms with van der Waals surface area (Å²) in [5, 5.41) is 0. The minimum atomic E-state index is 0.128. The molecule has 2 unspecified atom stereocenters. The van der Waals surface area contributed by atoms with Gasteiger partial charge >= 0.3 is 0 Å². The van der Waals surface area contributed by atoms with Crippen LogP contribution in [-0.2, 0) is 4.74 Å². The fraction of sp³-hybridized carbons (Fsp3) is 0.647. The molecule has 3 nitrogen and oxygen atoms in total. The molecule has 1 aromatic carbocycles. The highest BCUT2D eigenvalue weighted by Gasteiger charge is 2.42. The molecule has 2 aliphatic heterocycles. The van der Waals surface area contributed by atoms with E-state index in [0.717, 1.165) is 43.9 Å². The summed E-state index contributed by atoms with van der Waals surface area (Å²) in [5.41, 5.74) is 8.45. The van der Waals surface area contributed by atoms with E-state index in [2.05, 4.69) is 24.0 Å². The molecule has 1 spiro atoms. The van der Waals surface area contributed by atoms with Gasteiger partial charge in [-0.15, -0.1) is 0 Å². The Kier molecular flexibility index (Phi) is 4.65. The molecule has 0 amide bonds. The summed E-state index contributed by atoms with van der Waals surface area (Å²) in [6, 6.07) is 8.84. The van der Waals surface area contributed by atoms with Crippen LogP contribution in [0.5, 0.6) is 0 Å². The molecule has 0 bridgehead atoms. The van der Waals surface area contributed by atoms with Crippen molar-refractivity contribution in [3.63, 3.8) is 0 Å². The van der Waals surface area contributed by atoms with Crippen molar-refractivity contribution in [2.45, 2.75) is 44.2 Å². The fourth-order valence-corrected chi connectivity index (χ4v) is 5.00. The maximum Gasteiger partial charge on any atom is 0.0799 e. The molecule has 0 radical (unpaired) electrons. The molecule has 116 valence electrons. The smallest absolute Gasteiger partial charge is 0.0799 e. The zero-order valence-corrected chi connectivity index (χ0v) is 13.7. The monoisotopic (exact) mass is 306 g/mol. The van der Waals surface area contributed by atoms with Gasteiger partial charge in [-0.3, -0.25) is 0 Å². The normalized spacial score (nSPS) is 28.9. The minimum Gasteiger partial charge on any atom is -0.397 e.